The summed E-state index contributed by atoms with van der Waals surface area (Å²) in [5.41, 5.74) is 3.70. The van der Waals surface area contributed by atoms with Crippen molar-refractivity contribution in [2.24, 2.45) is 10.9 Å². The van der Waals surface area contributed by atoms with Crippen LogP contribution >= 0.6 is 0 Å². The third kappa shape index (κ3) is 5.89. The summed E-state index contributed by atoms with van der Waals surface area (Å²) in [7, 11) is 4.12. The van der Waals surface area contributed by atoms with E-state index in [4.69, 9.17) is 4.99 Å². The molecule has 1 aromatic carbocycles. The smallest absolute Gasteiger partial charge is 0.225 e. The zero-order valence-electron chi connectivity index (χ0n) is 19.2. The normalized spacial score (nSPS) is 20.3. The third-order valence-corrected chi connectivity index (χ3v) is 6.39. The standard InChI is InChI=1S/C24H39N5O/c1-5-25-24(26-16-20-11-12-22(28(3)4)15-18(20)2)27-21-13-14-29(17-21)23(30)19-9-7-6-8-10-19/h11-12,15,19,21H,5-10,13-14,16-17H2,1-4H3,(H2,25,26,27). The summed E-state index contributed by atoms with van der Waals surface area (Å²) in [6.07, 6.45) is 6.83. The number of carbonyl (C=O) groups is 1. The Morgan fingerprint density at radius 3 is 2.63 bits per heavy atom. The Labute approximate surface area is 182 Å². The number of nitrogens with one attached hydrogen (secondary N) is 2. The Morgan fingerprint density at radius 1 is 1.20 bits per heavy atom. The number of carbonyl (C=O) groups excluding carboxylic acids is 1. The number of aryl methyl sites for hydroxylation is 1. The van der Waals surface area contributed by atoms with Crippen LogP contribution in [0.25, 0.3) is 0 Å². The van der Waals surface area contributed by atoms with Crippen LogP contribution in [0.2, 0.25) is 0 Å². The van der Waals surface area contributed by atoms with E-state index in [1.807, 2.05) is 0 Å². The Kier molecular flexibility index (Phi) is 8.00. The molecule has 1 aromatic rings. The van der Waals surface area contributed by atoms with Gasteiger partial charge >= 0.3 is 0 Å². The van der Waals surface area contributed by atoms with Gasteiger partial charge in [0.2, 0.25) is 5.91 Å². The first-order valence-electron chi connectivity index (χ1n) is 11.6. The van der Waals surface area contributed by atoms with Crippen molar-refractivity contribution in [2.75, 3.05) is 38.6 Å². The van der Waals surface area contributed by atoms with Crippen molar-refractivity contribution >= 4 is 17.6 Å². The predicted octanol–water partition coefficient (Wildman–Crippen LogP) is 3.30. The first-order valence-corrected chi connectivity index (χ1v) is 11.6. The number of amides is 1. The lowest BCUT2D eigenvalue weighted by molar-refractivity contribution is -0.135. The predicted molar refractivity (Wildman–Crippen MR) is 125 cm³/mol. The van der Waals surface area contributed by atoms with E-state index in [0.717, 1.165) is 44.9 Å². The molecule has 0 aromatic heterocycles. The van der Waals surface area contributed by atoms with E-state index < -0.39 is 0 Å². The summed E-state index contributed by atoms with van der Waals surface area (Å²) < 4.78 is 0. The highest BCUT2D eigenvalue weighted by Gasteiger charge is 2.31. The average Bonchev–Trinajstić information content (AvgIpc) is 3.21. The second kappa shape index (κ2) is 10.7. The van der Waals surface area contributed by atoms with Gasteiger partial charge in [0, 0.05) is 51.4 Å². The van der Waals surface area contributed by atoms with Crippen molar-refractivity contribution in [1.29, 1.82) is 0 Å². The number of benzene rings is 1. The van der Waals surface area contributed by atoms with Crippen molar-refractivity contribution in [3.8, 4) is 0 Å². The van der Waals surface area contributed by atoms with Crippen LogP contribution in [-0.2, 0) is 11.3 Å². The van der Waals surface area contributed by atoms with Gasteiger partial charge in [-0.2, -0.15) is 0 Å². The first kappa shape index (κ1) is 22.4. The first-order chi connectivity index (χ1) is 14.5. The van der Waals surface area contributed by atoms with Crippen LogP contribution in [0.3, 0.4) is 0 Å². The number of likely N-dealkylation sites (tertiary alicyclic amines) is 1. The highest BCUT2D eigenvalue weighted by Crippen LogP contribution is 2.26. The molecule has 0 bridgehead atoms. The van der Waals surface area contributed by atoms with Crippen LogP contribution in [-0.4, -0.2) is 56.5 Å². The molecular formula is C24H39N5O. The molecular weight excluding hydrogens is 374 g/mol. The molecule has 3 rings (SSSR count). The number of rotatable bonds is 6. The highest BCUT2D eigenvalue weighted by molar-refractivity contribution is 5.81. The summed E-state index contributed by atoms with van der Waals surface area (Å²) in [4.78, 5) is 21.8. The van der Waals surface area contributed by atoms with Crippen LogP contribution < -0.4 is 15.5 Å². The van der Waals surface area contributed by atoms with Crippen LogP contribution in [0.4, 0.5) is 5.69 Å². The maximum atomic E-state index is 12.8. The van der Waals surface area contributed by atoms with Gasteiger partial charge in [-0.15, -0.1) is 0 Å². The molecule has 166 valence electrons. The molecule has 1 aliphatic carbocycles. The molecule has 2 fully saturated rings. The Morgan fingerprint density at radius 2 is 1.97 bits per heavy atom. The maximum absolute atomic E-state index is 12.8. The summed E-state index contributed by atoms with van der Waals surface area (Å²) >= 11 is 0. The lowest BCUT2D eigenvalue weighted by Crippen LogP contribution is -2.45. The van der Waals surface area contributed by atoms with E-state index in [2.05, 4.69) is 66.6 Å². The summed E-state index contributed by atoms with van der Waals surface area (Å²) in [6.45, 7) is 7.34. The Bertz CT molecular complexity index is 739. The van der Waals surface area contributed by atoms with Crippen molar-refractivity contribution in [1.82, 2.24) is 15.5 Å². The van der Waals surface area contributed by atoms with Crippen LogP contribution in [0.1, 0.15) is 56.6 Å². The molecule has 2 N–H and O–H groups in total. The monoisotopic (exact) mass is 413 g/mol. The lowest BCUT2D eigenvalue weighted by atomic mass is 9.88. The van der Waals surface area contributed by atoms with Crippen LogP contribution in [0.15, 0.2) is 23.2 Å². The van der Waals surface area contributed by atoms with Gasteiger partial charge in [0.25, 0.3) is 0 Å². The van der Waals surface area contributed by atoms with E-state index in [-0.39, 0.29) is 12.0 Å². The quantitative estimate of drug-likeness (QED) is 0.555. The lowest BCUT2D eigenvalue weighted by Gasteiger charge is -2.26. The molecule has 6 nitrogen and oxygen atoms in total. The molecule has 30 heavy (non-hydrogen) atoms. The molecule has 0 spiro atoms. The van der Waals surface area contributed by atoms with E-state index in [9.17, 15) is 4.79 Å². The van der Waals surface area contributed by atoms with Crippen molar-refractivity contribution in [2.45, 2.75) is 65.0 Å². The van der Waals surface area contributed by atoms with Gasteiger partial charge in [0.15, 0.2) is 5.96 Å². The fourth-order valence-corrected chi connectivity index (χ4v) is 4.50. The van der Waals surface area contributed by atoms with Gasteiger partial charge in [-0.3, -0.25) is 4.79 Å². The van der Waals surface area contributed by atoms with Gasteiger partial charge < -0.3 is 20.4 Å². The Hall–Kier alpha value is -2.24. The largest absolute Gasteiger partial charge is 0.378 e. The number of hydrogen-bond donors (Lipinski definition) is 2. The van der Waals surface area contributed by atoms with Gasteiger partial charge in [-0.05, 0) is 56.4 Å². The second-order valence-electron chi connectivity index (χ2n) is 8.95. The summed E-state index contributed by atoms with van der Waals surface area (Å²) in [6, 6.07) is 6.78. The molecule has 6 heteroatoms. The highest BCUT2D eigenvalue weighted by atomic mass is 16.2. The number of guanidine groups is 1. The zero-order valence-corrected chi connectivity index (χ0v) is 19.2. The van der Waals surface area contributed by atoms with Crippen molar-refractivity contribution in [3.63, 3.8) is 0 Å². The molecule has 0 radical (unpaired) electrons. The van der Waals surface area contributed by atoms with Crippen LogP contribution in [0.5, 0.6) is 0 Å². The van der Waals surface area contributed by atoms with Crippen molar-refractivity contribution < 1.29 is 4.79 Å². The molecule has 1 saturated carbocycles. The molecule has 1 aliphatic heterocycles. The van der Waals surface area contributed by atoms with Gasteiger partial charge in [-0.25, -0.2) is 4.99 Å². The van der Waals surface area contributed by atoms with Gasteiger partial charge in [0.05, 0.1) is 6.54 Å². The molecule has 1 heterocycles. The fourth-order valence-electron chi connectivity index (χ4n) is 4.50. The minimum absolute atomic E-state index is 0.257. The molecule has 1 unspecified atom stereocenters. The van der Waals surface area contributed by atoms with E-state index in [1.54, 1.807) is 0 Å². The average molecular weight is 414 g/mol. The van der Waals surface area contributed by atoms with E-state index >= 15 is 0 Å². The molecule has 1 atom stereocenters. The number of anilines is 1. The van der Waals surface area contributed by atoms with Gasteiger partial charge in [0.1, 0.15) is 0 Å². The fraction of sp³-hybridized carbons (Fsp3) is 0.667. The van der Waals surface area contributed by atoms with E-state index in [0.29, 0.717) is 12.5 Å². The molecule has 1 amide bonds. The minimum atomic E-state index is 0.257. The van der Waals surface area contributed by atoms with Crippen molar-refractivity contribution in [3.05, 3.63) is 29.3 Å². The Balaban J connectivity index is 1.57. The maximum Gasteiger partial charge on any atom is 0.225 e. The SMILES string of the molecule is CCNC(=NCc1ccc(N(C)C)cc1C)NC1CCN(C(=O)C2CCCCC2)C1. The van der Waals surface area contributed by atoms with Crippen LogP contribution in [0, 0.1) is 12.8 Å². The van der Waals surface area contributed by atoms with Gasteiger partial charge in [-0.1, -0.05) is 25.3 Å². The molecule has 1 saturated heterocycles. The van der Waals surface area contributed by atoms with E-state index in [1.165, 1.54) is 36.1 Å². The summed E-state index contributed by atoms with van der Waals surface area (Å²) in [5, 5.41) is 6.92. The molecule has 2 aliphatic rings. The minimum Gasteiger partial charge on any atom is -0.378 e. The topological polar surface area (TPSA) is 60.0 Å². The number of hydrogen-bond acceptors (Lipinski definition) is 3. The summed E-state index contributed by atoms with van der Waals surface area (Å²) in [5.74, 6) is 1.47. The zero-order chi connectivity index (χ0) is 21.5. The second-order valence-corrected chi connectivity index (χ2v) is 8.95. The number of aliphatic imine (C=N–C) groups is 1. The number of nitrogens with zero attached hydrogens (tertiary/aromatic N) is 3. The third-order valence-electron chi connectivity index (χ3n) is 6.39.